The first-order chi connectivity index (χ1) is 23.8. The number of nitrogens with one attached hydrogen (secondary N) is 2. The maximum Gasteiger partial charge on any atom is 0.0659 e. The molecule has 0 saturated heterocycles. The number of hydrogen-bond acceptors (Lipinski definition) is 10. The van der Waals surface area contributed by atoms with Crippen molar-refractivity contribution in [3.8, 4) is 0 Å². The predicted octanol–water partition coefficient (Wildman–Crippen LogP) is 6.56. The molecule has 13 heteroatoms. The van der Waals surface area contributed by atoms with E-state index in [9.17, 15) is 0 Å². The van der Waals surface area contributed by atoms with Crippen molar-refractivity contribution in [1.82, 2.24) is 59.8 Å². The van der Waals surface area contributed by atoms with Gasteiger partial charge in [-0.25, -0.2) is 9.97 Å². The van der Waals surface area contributed by atoms with Gasteiger partial charge in [-0.1, -0.05) is 0 Å². The van der Waals surface area contributed by atoms with Crippen molar-refractivity contribution in [1.29, 1.82) is 0 Å². The molecule has 0 aromatic carbocycles. The molecule has 2 N–H and O–H groups in total. The van der Waals surface area contributed by atoms with E-state index in [4.69, 9.17) is 0 Å². The molecule has 7 aromatic rings. The van der Waals surface area contributed by atoms with Crippen molar-refractivity contribution in [2.45, 2.75) is 0 Å². The van der Waals surface area contributed by atoms with Gasteiger partial charge < -0.3 is 9.97 Å². The minimum atomic E-state index is 0. The molecule has 9 heterocycles. The Morgan fingerprint density at radius 2 is 0.510 bits per heavy atom. The summed E-state index contributed by atoms with van der Waals surface area (Å²) in [5.41, 5.74) is 7.86. The molecule has 49 heavy (non-hydrogen) atoms. The van der Waals surface area contributed by atoms with Crippen LogP contribution in [0.25, 0.3) is 46.4 Å². The molecule has 0 atom stereocenters. The zero-order valence-corrected chi connectivity index (χ0v) is 27.0. The molecule has 2 aliphatic heterocycles. The van der Waals surface area contributed by atoms with Crippen LogP contribution in [0.2, 0.25) is 0 Å². The van der Waals surface area contributed by atoms with Gasteiger partial charge in [-0.15, -0.1) is 0 Å². The van der Waals surface area contributed by atoms with Crippen LogP contribution in [-0.4, -0.2) is 59.8 Å². The maximum atomic E-state index is 4.62. The first-order valence-corrected chi connectivity index (χ1v) is 14.6. The van der Waals surface area contributed by atoms with Crippen LogP contribution in [0, 0.1) is 0 Å². The first kappa shape index (κ1) is 35.3. The summed E-state index contributed by atoms with van der Waals surface area (Å²) < 4.78 is 0. The minimum Gasteiger partial charge on any atom is -0.355 e. The fourth-order valence-corrected chi connectivity index (χ4v) is 3.96. The molecule has 0 spiro atoms. The molecular formula is C36H30CoN12. The summed E-state index contributed by atoms with van der Waals surface area (Å²) in [6.45, 7) is 0. The van der Waals surface area contributed by atoms with Gasteiger partial charge in [0.1, 0.15) is 0 Å². The van der Waals surface area contributed by atoms with E-state index in [1.807, 2.05) is 42.5 Å². The van der Waals surface area contributed by atoms with Gasteiger partial charge in [-0.2, -0.15) is 0 Å². The molecule has 243 valence electrons. The molecule has 7 aromatic heterocycles. The van der Waals surface area contributed by atoms with Crippen molar-refractivity contribution in [3.05, 3.63) is 170 Å². The number of rotatable bonds is 0. The number of fused-ring (bicyclic) bond motifs is 8. The molecular weight excluding hydrogens is 659 g/mol. The summed E-state index contributed by atoms with van der Waals surface area (Å²) in [5, 5.41) is 0. The van der Waals surface area contributed by atoms with Gasteiger partial charge in [0.15, 0.2) is 0 Å². The van der Waals surface area contributed by atoms with E-state index in [-0.39, 0.29) is 16.8 Å². The van der Waals surface area contributed by atoms with Gasteiger partial charge in [0.05, 0.1) is 22.8 Å². The second-order valence-corrected chi connectivity index (χ2v) is 9.48. The Labute approximate surface area is 292 Å². The topological polar surface area (TPSA) is 160 Å². The molecule has 0 aliphatic carbocycles. The van der Waals surface area contributed by atoms with Gasteiger partial charge in [0, 0.05) is 138 Å². The number of aromatic amines is 2. The number of nitrogens with zero attached hydrogens (tertiary/aromatic N) is 10. The van der Waals surface area contributed by atoms with Crippen LogP contribution in [-0.2, 0) is 16.8 Å². The van der Waals surface area contributed by atoms with Crippen LogP contribution in [0.1, 0.15) is 22.8 Å². The van der Waals surface area contributed by atoms with Crippen LogP contribution >= 0.6 is 0 Å². The van der Waals surface area contributed by atoms with E-state index < -0.39 is 0 Å². The molecule has 8 bridgehead atoms. The maximum absolute atomic E-state index is 4.62. The molecule has 0 saturated carbocycles. The Kier molecular flexibility index (Phi) is 14.8. The first-order valence-electron chi connectivity index (χ1n) is 14.6. The molecule has 12 nitrogen and oxygen atoms in total. The summed E-state index contributed by atoms with van der Waals surface area (Å²) in [4.78, 5) is 45.8. The Bertz CT molecular complexity index is 1820. The van der Waals surface area contributed by atoms with Crippen molar-refractivity contribution < 1.29 is 16.8 Å². The van der Waals surface area contributed by atoms with Crippen LogP contribution in [0.3, 0.4) is 0 Å². The van der Waals surface area contributed by atoms with Crippen molar-refractivity contribution in [2.24, 2.45) is 0 Å². The molecule has 0 amide bonds. The summed E-state index contributed by atoms with van der Waals surface area (Å²) in [5.74, 6) is 0. The van der Waals surface area contributed by atoms with Crippen LogP contribution in [0.15, 0.2) is 148 Å². The van der Waals surface area contributed by atoms with E-state index in [1.165, 1.54) is 0 Å². The fourth-order valence-electron chi connectivity index (χ4n) is 3.96. The zero-order valence-electron chi connectivity index (χ0n) is 26.0. The van der Waals surface area contributed by atoms with E-state index in [0.29, 0.717) is 0 Å². The summed E-state index contributed by atoms with van der Waals surface area (Å²) in [6.07, 6.45) is 34.3. The van der Waals surface area contributed by atoms with Gasteiger partial charge in [-0.3, -0.25) is 39.9 Å². The number of H-pyrrole nitrogens is 2. The fraction of sp³-hybridized carbons (Fsp3) is 0. The Morgan fingerprint density at radius 1 is 0.286 bits per heavy atom. The van der Waals surface area contributed by atoms with Crippen LogP contribution in [0.4, 0.5) is 0 Å². The molecule has 9 rings (SSSR count). The van der Waals surface area contributed by atoms with E-state index in [2.05, 4.69) is 90.1 Å². The Hall–Kier alpha value is -6.57. The predicted molar refractivity (Wildman–Crippen MR) is 187 cm³/mol. The average Bonchev–Trinajstić information content (AvgIpc) is 4.00. The van der Waals surface area contributed by atoms with Crippen molar-refractivity contribution in [3.63, 3.8) is 0 Å². The third-order valence-electron chi connectivity index (χ3n) is 5.95. The van der Waals surface area contributed by atoms with Crippen molar-refractivity contribution in [2.75, 3.05) is 0 Å². The largest absolute Gasteiger partial charge is 0.355 e. The average molecular weight is 690 g/mol. The summed E-state index contributed by atoms with van der Waals surface area (Å²) >= 11 is 0. The zero-order chi connectivity index (χ0) is 32.9. The second kappa shape index (κ2) is 20.5. The molecule has 0 unspecified atom stereocenters. The molecule has 2 aliphatic rings. The monoisotopic (exact) mass is 689 g/mol. The van der Waals surface area contributed by atoms with Crippen molar-refractivity contribution >= 4 is 46.4 Å². The van der Waals surface area contributed by atoms with E-state index in [0.717, 1.165) is 44.8 Å². The number of aromatic nitrogens is 12. The Balaban J connectivity index is 0.000000175. The normalized spacial score (nSPS) is 10.1. The summed E-state index contributed by atoms with van der Waals surface area (Å²) in [6, 6.07) is 16.4. The smallest absolute Gasteiger partial charge is 0.0659 e. The third kappa shape index (κ3) is 13.4. The van der Waals surface area contributed by atoms with Gasteiger partial charge >= 0.3 is 0 Å². The molecule has 1 radical (unpaired) electrons. The van der Waals surface area contributed by atoms with Crippen LogP contribution < -0.4 is 0 Å². The van der Waals surface area contributed by atoms with Gasteiger partial charge in [-0.05, 0) is 72.8 Å². The third-order valence-corrected chi connectivity index (χ3v) is 5.95. The number of hydrogen-bond donors (Lipinski definition) is 2. The quantitative estimate of drug-likeness (QED) is 0.178. The summed E-state index contributed by atoms with van der Waals surface area (Å²) in [7, 11) is 0. The molecule has 0 fully saturated rings. The van der Waals surface area contributed by atoms with E-state index in [1.54, 1.807) is 99.1 Å². The van der Waals surface area contributed by atoms with Crippen LogP contribution in [0.5, 0.6) is 0 Å². The van der Waals surface area contributed by atoms with E-state index >= 15 is 0 Å². The SMILES string of the molecule is C1=Cc2cc3ccc(cc4ccc(cc5nc(cc1n2)C=C5)[nH]4)[nH]3.[Co].c1cnccn1.c1cnccn1.c1cnccn1.c1cnccn1. The van der Waals surface area contributed by atoms with Gasteiger partial charge in [0.25, 0.3) is 0 Å². The Morgan fingerprint density at radius 3 is 0.755 bits per heavy atom. The minimum absolute atomic E-state index is 0. The second-order valence-electron chi connectivity index (χ2n) is 9.48. The standard InChI is InChI=1S/C20H14N4.4C4H4N2.Co/c1-2-14-10-16-5-6-18(23-16)12-20-8-7-19(24-20)11-17-4-3-15(22-17)9-13(1)21-14;4*1-2-6-4-3-5-1;/h1-12,21-22H;4*1-4H;. The van der Waals surface area contributed by atoms with Gasteiger partial charge in [0.2, 0.25) is 0 Å².